The third-order valence-electron chi connectivity index (χ3n) is 4.53. The van der Waals surface area contributed by atoms with Gasteiger partial charge in [-0.15, -0.1) is 0 Å². The van der Waals surface area contributed by atoms with Gasteiger partial charge in [0.2, 0.25) is 5.91 Å². The second kappa shape index (κ2) is 6.10. The zero-order valence-corrected chi connectivity index (χ0v) is 11.9. The lowest BCUT2D eigenvalue weighted by Gasteiger charge is -2.28. The van der Waals surface area contributed by atoms with Gasteiger partial charge in [-0.25, -0.2) is 8.78 Å². The summed E-state index contributed by atoms with van der Waals surface area (Å²) < 4.78 is 26.5. The van der Waals surface area contributed by atoms with Crippen molar-refractivity contribution in [2.75, 3.05) is 0 Å². The van der Waals surface area contributed by atoms with Gasteiger partial charge in [0.15, 0.2) is 0 Å². The van der Waals surface area contributed by atoms with E-state index >= 15 is 0 Å². The minimum atomic E-state index is -0.490. The highest BCUT2D eigenvalue weighted by Crippen LogP contribution is 2.32. The van der Waals surface area contributed by atoms with Gasteiger partial charge in [0.05, 0.1) is 0 Å². The first-order chi connectivity index (χ1) is 10.1. The molecule has 0 radical (unpaired) electrons. The van der Waals surface area contributed by atoms with Crippen molar-refractivity contribution in [2.24, 2.45) is 5.92 Å². The average molecular weight is 294 g/mol. The van der Waals surface area contributed by atoms with Crippen LogP contribution in [0.3, 0.4) is 0 Å². The molecule has 0 aromatic heterocycles. The van der Waals surface area contributed by atoms with Crippen molar-refractivity contribution in [1.29, 1.82) is 0 Å². The van der Waals surface area contributed by atoms with Crippen LogP contribution in [-0.4, -0.2) is 18.0 Å². The number of amides is 1. The van der Waals surface area contributed by atoms with Crippen molar-refractivity contribution in [3.8, 4) is 0 Å². The molecule has 114 valence electrons. The van der Waals surface area contributed by atoms with Gasteiger partial charge in [0.1, 0.15) is 11.6 Å². The zero-order valence-electron chi connectivity index (χ0n) is 11.9. The maximum atomic E-state index is 13.5. The van der Waals surface area contributed by atoms with E-state index in [1.54, 1.807) is 0 Å². The molecule has 21 heavy (non-hydrogen) atoms. The van der Waals surface area contributed by atoms with Crippen molar-refractivity contribution in [2.45, 2.75) is 50.7 Å². The molecule has 0 aliphatic carbocycles. The lowest BCUT2D eigenvalue weighted by Crippen LogP contribution is -2.39. The summed E-state index contributed by atoms with van der Waals surface area (Å²) in [7, 11) is 0. The standard InChI is InChI=1S/C16H20F2N2O/c17-12-1-4-15(18)11(8-12)9-19-16(21)7-10-5-13-2-3-14(6-10)20-13/h1,4,8,10,13-14,20H,2-3,5-7,9H2,(H,19,21). The lowest BCUT2D eigenvalue weighted by atomic mass is 9.89. The Balaban J connectivity index is 1.49. The molecule has 1 aromatic rings. The van der Waals surface area contributed by atoms with Crippen LogP contribution < -0.4 is 10.6 Å². The molecule has 2 N–H and O–H groups in total. The zero-order chi connectivity index (χ0) is 14.8. The van der Waals surface area contributed by atoms with Crippen molar-refractivity contribution in [1.82, 2.24) is 10.6 Å². The number of piperidine rings is 1. The quantitative estimate of drug-likeness (QED) is 0.896. The fraction of sp³-hybridized carbons (Fsp3) is 0.562. The van der Waals surface area contributed by atoms with Gasteiger partial charge in [-0.2, -0.15) is 0 Å². The summed E-state index contributed by atoms with van der Waals surface area (Å²) in [5.41, 5.74) is 0.189. The van der Waals surface area contributed by atoms with Gasteiger partial charge in [0, 0.05) is 30.6 Å². The number of rotatable bonds is 4. The molecule has 2 aliphatic rings. The first kappa shape index (κ1) is 14.4. The van der Waals surface area contributed by atoms with Crippen LogP contribution in [0.2, 0.25) is 0 Å². The first-order valence-corrected chi connectivity index (χ1v) is 7.57. The van der Waals surface area contributed by atoms with Crippen LogP contribution in [0.25, 0.3) is 0 Å². The number of halogens is 2. The highest BCUT2D eigenvalue weighted by Gasteiger charge is 2.34. The summed E-state index contributed by atoms with van der Waals surface area (Å²) >= 11 is 0. The molecule has 2 bridgehead atoms. The molecule has 3 nitrogen and oxygen atoms in total. The van der Waals surface area contributed by atoms with Crippen LogP contribution in [-0.2, 0) is 11.3 Å². The van der Waals surface area contributed by atoms with Crippen molar-refractivity contribution in [3.63, 3.8) is 0 Å². The molecule has 2 heterocycles. The largest absolute Gasteiger partial charge is 0.352 e. The summed E-state index contributed by atoms with van der Waals surface area (Å²) in [6.45, 7) is 0.0419. The third-order valence-corrected chi connectivity index (χ3v) is 4.53. The summed E-state index contributed by atoms with van der Waals surface area (Å²) in [6, 6.07) is 4.40. The molecular formula is C16H20F2N2O. The molecule has 2 aliphatic heterocycles. The molecule has 1 aromatic carbocycles. The van der Waals surface area contributed by atoms with Crippen molar-refractivity contribution >= 4 is 5.91 Å². The fourth-order valence-corrected chi connectivity index (χ4v) is 3.55. The predicted molar refractivity (Wildman–Crippen MR) is 75.5 cm³/mol. The minimum absolute atomic E-state index is 0.0419. The van der Waals surface area contributed by atoms with Gasteiger partial charge in [-0.1, -0.05) is 0 Å². The van der Waals surface area contributed by atoms with E-state index in [-0.39, 0.29) is 18.0 Å². The van der Waals surface area contributed by atoms with Crippen molar-refractivity contribution < 1.29 is 13.6 Å². The molecule has 0 spiro atoms. The maximum Gasteiger partial charge on any atom is 0.220 e. The van der Waals surface area contributed by atoms with Crippen LogP contribution in [0.15, 0.2) is 18.2 Å². The van der Waals surface area contributed by atoms with E-state index < -0.39 is 11.6 Å². The number of benzene rings is 1. The van der Waals surface area contributed by atoms with E-state index in [1.807, 2.05) is 0 Å². The third kappa shape index (κ3) is 3.59. The van der Waals surface area contributed by atoms with E-state index in [0.717, 1.165) is 31.0 Å². The first-order valence-electron chi connectivity index (χ1n) is 7.57. The second-order valence-corrected chi connectivity index (χ2v) is 6.19. The Morgan fingerprint density at radius 3 is 2.67 bits per heavy atom. The number of hydrogen-bond acceptors (Lipinski definition) is 2. The predicted octanol–water partition coefficient (Wildman–Crippen LogP) is 2.50. The molecule has 5 heteroatoms. The number of nitrogens with one attached hydrogen (secondary N) is 2. The van der Waals surface area contributed by atoms with Gasteiger partial charge in [-0.3, -0.25) is 4.79 Å². The van der Waals surface area contributed by atoms with Gasteiger partial charge >= 0.3 is 0 Å². The monoisotopic (exact) mass is 294 g/mol. The molecule has 2 fully saturated rings. The normalized spacial score (nSPS) is 27.6. The molecule has 0 saturated carbocycles. The molecular weight excluding hydrogens is 274 g/mol. The Bertz CT molecular complexity index is 523. The molecule has 2 atom stereocenters. The molecule has 2 unspecified atom stereocenters. The number of carbonyl (C=O) groups is 1. The maximum absolute atomic E-state index is 13.5. The number of carbonyl (C=O) groups excluding carboxylic acids is 1. The fourth-order valence-electron chi connectivity index (χ4n) is 3.55. The number of fused-ring (bicyclic) bond motifs is 2. The van der Waals surface area contributed by atoms with Crippen LogP contribution in [0, 0.1) is 17.6 Å². The highest BCUT2D eigenvalue weighted by atomic mass is 19.1. The summed E-state index contributed by atoms with van der Waals surface area (Å²) in [5.74, 6) is -0.654. The molecule has 1 amide bonds. The lowest BCUT2D eigenvalue weighted by molar-refractivity contribution is -0.122. The Morgan fingerprint density at radius 1 is 1.24 bits per heavy atom. The van der Waals surface area contributed by atoms with Crippen LogP contribution in [0.5, 0.6) is 0 Å². The SMILES string of the molecule is O=C(CC1CC2CCC(C1)N2)NCc1cc(F)ccc1F. The Hall–Kier alpha value is -1.49. The van der Waals surface area contributed by atoms with E-state index in [4.69, 9.17) is 0 Å². The van der Waals surface area contributed by atoms with E-state index in [0.29, 0.717) is 24.4 Å². The van der Waals surface area contributed by atoms with E-state index in [2.05, 4.69) is 10.6 Å². The number of hydrogen-bond donors (Lipinski definition) is 2. The van der Waals surface area contributed by atoms with Gasteiger partial charge in [-0.05, 0) is 49.8 Å². The summed E-state index contributed by atoms with van der Waals surface area (Å²) in [5, 5.41) is 6.24. The smallest absolute Gasteiger partial charge is 0.220 e. The van der Waals surface area contributed by atoms with Crippen LogP contribution in [0.1, 0.15) is 37.7 Å². The Labute approximate surface area is 123 Å². The Kier molecular flexibility index (Phi) is 4.19. The van der Waals surface area contributed by atoms with Gasteiger partial charge in [0.25, 0.3) is 0 Å². The highest BCUT2D eigenvalue weighted by molar-refractivity contribution is 5.76. The Morgan fingerprint density at radius 2 is 1.95 bits per heavy atom. The molecule has 3 rings (SSSR count). The van der Waals surface area contributed by atoms with Crippen LogP contribution >= 0.6 is 0 Å². The summed E-state index contributed by atoms with van der Waals surface area (Å²) in [4.78, 5) is 12.0. The minimum Gasteiger partial charge on any atom is -0.352 e. The van der Waals surface area contributed by atoms with E-state index in [9.17, 15) is 13.6 Å². The van der Waals surface area contributed by atoms with Crippen molar-refractivity contribution in [3.05, 3.63) is 35.4 Å². The average Bonchev–Trinajstić information content (AvgIpc) is 2.79. The van der Waals surface area contributed by atoms with E-state index in [1.165, 1.54) is 12.8 Å². The second-order valence-electron chi connectivity index (χ2n) is 6.19. The van der Waals surface area contributed by atoms with Gasteiger partial charge < -0.3 is 10.6 Å². The summed E-state index contributed by atoms with van der Waals surface area (Å²) in [6.07, 6.45) is 4.97. The molecule has 2 saturated heterocycles. The topological polar surface area (TPSA) is 41.1 Å². The van der Waals surface area contributed by atoms with Crippen LogP contribution in [0.4, 0.5) is 8.78 Å².